The number of methoxy groups -OCH3 is 1. The number of nitrogens with one attached hydrogen (secondary N) is 1. The molecule has 1 unspecified atom stereocenters. The van der Waals surface area contributed by atoms with Gasteiger partial charge in [-0.05, 0) is 68.2 Å². The van der Waals surface area contributed by atoms with Crippen LogP contribution in [0, 0.1) is 5.41 Å². The van der Waals surface area contributed by atoms with E-state index in [2.05, 4.69) is 11.4 Å². The van der Waals surface area contributed by atoms with Gasteiger partial charge in [0.05, 0.1) is 12.2 Å². The molecule has 3 amide bonds. The lowest BCUT2D eigenvalue weighted by molar-refractivity contribution is -0.137. The van der Waals surface area contributed by atoms with Crippen molar-refractivity contribution in [3.05, 3.63) is 29.3 Å². The molecule has 5 rings (SSSR count). The van der Waals surface area contributed by atoms with Gasteiger partial charge >= 0.3 is 6.03 Å². The maximum Gasteiger partial charge on any atom is 0.325 e. The Bertz CT molecular complexity index is 810. The molecule has 1 aromatic rings. The molecule has 1 aromatic carbocycles. The van der Waals surface area contributed by atoms with Gasteiger partial charge in [-0.25, -0.2) is 4.79 Å². The van der Waals surface area contributed by atoms with Crippen LogP contribution in [-0.4, -0.2) is 43.2 Å². The average Bonchev–Trinajstić information content (AvgIpc) is 3.41. The lowest BCUT2D eigenvalue weighted by Crippen LogP contribution is -2.56. The minimum Gasteiger partial charge on any atom is -0.490 e. The van der Waals surface area contributed by atoms with Crippen molar-refractivity contribution in [2.45, 2.75) is 62.7 Å². The van der Waals surface area contributed by atoms with Gasteiger partial charge in [-0.1, -0.05) is 6.07 Å². The molecule has 144 valence electrons. The zero-order valence-electron chi connectivity index (χ0n) is 15.9. The van der Waals surface area contributed by atoms with E-state index in [0.29, 0.717) is 6.10 Å². The zero-order valence-corrected chi connectivity index (χ0v) is 15.9. The monoisotopic (exact) mass is 370 g/mol. The van der Waals surface area contributed by atoms with Crippen molar-refractivity contribution in [1.29, 1.82) is 0 Å². The van der Waals surface area contributed by atoms with Gasteiger partial charge in [0.2, 0.25) is 0 Å². The molecule has 0 radical (unpaired) electrons. The standard InChI is InChI=1S/C21H26N2O4/c1-23-18(24)21(22-19(23)25)17-11-16(27-15-5-6-15)4-3-13(17)12-20(21)9-7-14(26-2)8-10-20/h3-4,11,14-15H,5-10,12H2,1-2H3,(H,22,25). The molecular weight excluding hydrogens is 344 g/mol. The molecule has 1 atom stereocenters. The number of rotatable bonds is 3. The van der Waals surface area contributed by atoms with Gasteiger partial charge in [0.15, 0.2) is 5.54 Å². The lowest BCUT2D eigenvalue weighted by atomic mass is 9.61. The number of likely N-dealkylation sites (N-methyl/N-ethyl adjacent to an activating group) is 1. The van der Waals surface area contributed by atoms with Crippen LogP contribution in [0.25, 0.3) is 0 Å². The quantitative estimate of drug-likeness (QED) is 0.831. The van der Waals surface area contributed by atoms with Gasteiger partial charge in [0, 0.05) is 19.6 Å². The Labute approximate surface area is 159 Å². The topological polar surface area (TPSA) is 67.9 Å². The summed E-state index contributed by atoms with van der Waals surface area (Å²) in [6.07, 6.45) is 7.04. The van der Waals surface area contributed by atoms with Gasteiger partial charge in [-0.15, -0.1) is 0 Å². The third kappa shape index (κ3) is 2.29. The Balaban J connectivity index is 1.61. The van der Waals surface area contributed by atoms with Crippen molar-refractivity contribution < 1.29 is 19.1 Å². The number of imide groups is 1. The van der Waals surface area contributed by atoms with Crippen LogP contribution in [0.5, 0.6) is 5.75 Å². The van der Waals surface area contributed by atoms with Crippen molar-refractivity contribution in [1.82, 2.24) is 10.2 Å². The predicted octanol–water partition coefficient (Wildman–Crippen LogP) is 2.74. The number of hydrogen-bond donors (Lipinski definition) is 1. The van der Waals surface area contributed by atoms with E-state index < -0.39 is 5.54 Å². The van der Waals surface area contributed by atoms with Crippen molar-refractivity contribution >= 4 is 11.9 Å². The predicted molar refractivity (Wildman–Crippen MR) is 98.5 cm³/mol. The Morgan fingerprint density at radius 3 is 2.44 bits per heavy atom. The first-order valence-corrected chi connectivity index (χ1v) is 9.92. The number of amides is 3. The van der Waals surface area contributed by atoms with Crippen LogP contribution in [0.1, 0.15) is 49.7 Å². The van der Waals surface area contributed by atoms with E-state index in [0.717, 1.165) is 61.8 Å². The summed E-state index contributed by atoms with van der Waals surface area (Å²) in [5.41, 5.74) is 0.813. The van der Waals surface area contributed by atoms with E-state index >= 15 is 0 Å². The van der Waals surface area contributed by atoms with Crippen LogP contribution in [0.3, 0.4) is 0 Å². The van der Waals surface area contributed by atoms with Crippen molar-refractivity contribution in [3.63, 3.8) is 0 Å². The Morgan fingerprint density at radius 2 is 1.85 bits per heavy atom. The van der Waals surface area contributed by atoms with Gasteiger partial charge in [0.1, 0.15) is 5.75 Å². The molecule has 6 nitrogen and oxygen atoms in total. The van der Waals surface area contributed by atoms with Crippen LogP contribution >= 0.6 is 0 Å². The van der Waals surface area contributed by atoms with Gasteiger partial charge < -0.3 is 14.8 Å². The number of urea groups is 1. The molecule has 4 aliphatic rings. The third-order valence-electron chi connectivity index (χ3n) is 7.08. The number of carbonyl (C=O) groups is 2. The molecular formula is C21H26N2O4. The zero-order chi connectivity index (χ0) is 18.8. The fraction of sp³-hybridized carbons (Fsp3) is 0.619. The maximum atomic E-state index is 13.4. The first-order valence-electron chi connectivity index (χ1n) is 9.92. The second kappa shape index (κ2) is 5.71. The molecule has 2 saturated carbocycles. The molecule has 3 fully saturated rings. The summed E-state index contributed by atoms with van der Waals surface area (Å²) in [7, 11) is 3.32. The summed E-state index contributed by atoms with van der Waals surface area (Å²) in [5.74, 6) is 0.667. The summed E-state index contributed by atoms with van der Waals surface area (Å²) < 4.78 is 11.6. The second-order valence-corrected chi connectivity index (χ2v) is 8.57. The average molecular weight is 370 g/mol. The normalized spacial score (nSPS) is 35.0. The van der Waals surface area contributed by atoms with Crippen molar-refractivity contribution in [2.75, 3.05) is 14.2 Å². The molecule has 3 aliphatic carbocycles. The number of carbonyl (C=O) groups excluding carboxylic acids is 2. The van der Waals surface area contributed by atoms with Gasteiger partial charge in [-0.3, -0.25) is 9.69 Å². The summed E-state index contributed by atoms with van der Waals surface area (Å²) >= 11 is 0. The largest absolute Gasteiger partial charge is 0.490 e. The smallest absolute Gasteiger partial charge is 0.325 e. The second-order valence-electron chi connectivity index (χ2n) is 8.57. The SMILES string of the molecule is COC1CCC2(CC1)Cc1ccc(OC3CC3)cc1C21NC(=O)N(C)C1=O. The highest BCUT2D eigenvalue weighted by Gasteiger charge is 2.67. The third-order valence-corrected chi connectivity index (χ3v) is 7.08. The van der Waals surface area contributed by atoms with Crippen molar-refractivity contribution in [3.8, 4) is 5.75 Å². The van der Waals surface area contributed by atoms with E-state index in [9.17, 15) is 9.59 Å². The van der Waals surface area contributed by atoms with Gasteiger partial charge in [-0.2, -0.15) is 0 Å². The summed E-state index contributed by atoms with van der Waals surface area (Å²) in [6, 6.07) is 5.79. The number of hydrogen-bond acceptors (Lipinski definition) is 4. The van der Waals surface area contributed by atoms with Crippen LogP contribution in [-0.2, 0) is 21.5 Å². The summed E-state index contributed by atoms with van der Waals surface area (Å²) in [5, 5.41) is 3.12. The molecule has 0 bridgehead atoms. The Hall–Kier alpha value is -2.08. The lowest BCUT2D eigenvalue weighted by Gasteiger charge is -2.46. The molecule has 1 N–H and O–H groups in total. The summed E-state index contributed by atoms with van der Waals surface area (Å²) in [6.45, 7) is 0. The number of nitrogens with zero attached hydrogens (tertiary/aromatic N) is 1. The highest BCUT2D eigenvalue weighted by Crippen LogP contribution is 2.60. The highest BCUT2D eigenvalue weighted by molar-refractivity contribution is 6.08. The minimum absolute atomic E-state index is 0.134. The van der Waals surface area contributed by atoms with Crippen LogP contribution in [0.15, 0.2) is 18.2 Å². The van der Waals surface area contributed by atoms with E-state index in [4.69, 9.17) is 9.47 Å². The molecule has 1 aliphatic heterocycles. The molecule has 27 heavy (non-hydrogen) atoms. The first-order chi connectivity index (χ1) is 13.0. The van der Waals surface area contributed by atoms with E-state index in [1.54, 1.807) is 14.2 Å². The number of ether oxygens (including phenoxy) is 2. The number of fused-ring (bicyclic) bond motifs is 3. The molecule has 2 spiro atoms. The molecule has 0 aromatic heterocycles. The van der Waals surface area contributed by atoms with E-state index in [-0.39, 0.29) is 23.5 Å². The fourth-order valence-corrected chi connectivity index (χ4v) is 5.41. The minimum atomic E-state index is -0.976. The maximum absolute atomic E-state index is 13.4. The Kier molecular flexibility index (Phi) is 3.60. The molecule has 6 heteroatoms. The van der Waals surface area contributed by atoms with Gasteiger partial charge in [0.25, 0.3) is 5.91 Å². The first kappa shape index (κ1) is 17.0. The van der Waals surface area contributed by atoms with E-state index in [1.165, 1.54) is 4.90 Å². The number of benzene rings is 1. The molecule has 1 heterocycles. The van der Waals surface area contributed by atoms with E-state index in [1.807, 2.05) is 12.1 Å². The fourth-order valence-electron chi connectivity index (χ4n) is 5.41. The summed E-state index contributed by atoms with van der Waals surface area (Å²) in [4.78, 5) is 27.2. The van der Waals surface area contributed by atoms with Crippen LogP contribution < -0.4 is 10.1 Å². The highest BCUT2D eigenvalue weighted by atomic mass is 16.5. The van der Waals surface area contributed by atoms with Crippen LogP contribution in [0.2, 0.25) is 0 Å². The molecule has 1 saturated heterocycles. The Morgan fingerprint density at radius 1 is 1.11 bits per heavy atom. The van der Waals surface area contributed by atoms with Crippen molar-refractivity contribution in [2.24, 2.45) is 5.41 Å². The van der Waals surface area contributed by atoms with Crippen LogP contribution in [0.4, 0.5) is 4.79 Å².